The summed E-state index contributed by atoms with van der Waals surface area (Å²) in [5, 5.41) is 2.64. The van der Waals surface area contributed by atoms with E-state index in [4.69, 9.17) is 0 Å². The molecule has 31 heavy (non-hydrogen) atoms. The molecule has 166 valence electrons. The van der Waals surface area contributed by atoms with Crippen LogP contribution in [-0.2, 0) is 24.2 Å². The van der Waals surface area contributed by atoms with Crippen LogP contribution in [0, 0.1) is 0 Å². The van der Waals surface area contributed by atoms with Gasteiger partial charge in [0, 0.05) is 48.6 Å². The highest BCUT2D eigenvalue weighted by Crippen LogP contribution is 2.17. The van der Waals surface area contributed by atoms with Crippen molar-refractivity contribution in [3.63, 3.8) is 0 Å². The lowest BCUT2D eigenvalue weighted by molar-refractivity contribution is -0.121. The van der Waals surface area contributed by atoms with Gasteiger partial charge in [-0.2, -0.15) is 0 Å². The Labute approximate surface area is 181 Å². The van der Waals surface area contributed by atoms with E-state index in [1.165, 1.54) is 4.57 Å². The number of Topliss-reactive ketones (excluding diaryl/α,β-unsaturated/α-hetero) is 1. The number of carbonyl (C=O) groups excluding carboxylic acids is 2. The zero-order chi connectivity index (χ0) is 22.4. The number of fused-ring (bicyclic) bond motifs is 1. The molecule has 0 aliphatic heterocycles. The molecule has 0 saturated heterocycles. The minimum absolute atomic E-state index is 0.0621. The molecule has 2 N–H and O–H groups in total. The maximum atomic E-state index is 12.4. The summed E-state index contributed by atoms with van der Waals surface area (Å²) >= 11 is 0. The average Bonchev–Trinajstić information content (AvgIpc) is 2.78. The van der Waals surface area contributed by atoms with Crippen LogP contribution in [0.3, 0.4) is 0 Å². The number of hydrogen-bond acceptors (Lipinski definition) is 5. The topological polar surface area (TPSA) is 104 Å². The first-order valence-electron chi connectivity index (χ1n) is 10.9. The largest absolute Gasteiger partial charge is 0.372 e. The lowest BCUT2D eigenvalue weighted by atomic mass is 9.97. The number of ketones is 1. The molecule has 0 spiro atoms. The molecule has 0 radical (unpaired) electrons. The predicted octanol–water partition coefficient (Wildman–Crippen LogP) is 1.65. The maximum absolute atomic E-state index is 12.4. The molecular formula is C23H30N4O4. The van der Waals surface area contributed by atoms with Crippen molar-refractivity contribution < 1.29 is 9.59 Å². The van der Waals surface area contributed by atoms with Gasteiger partial charge in [0.25, 0.3) is 5.56 Å². The van der Waals surface area contributed by atoms with Gasteiger partial charge in [0.1, 0.15) is 0 Å². The van der Waals surface area contributed by atoms with Gasteiger partial charge in [-0.3, -0.25) is 23.9 Å². The molecular weight excluding hydrogens is 396 g/mol. The van der Waals surface area contributed by atoms with Crippen LogP contribution in [0.4, 0.5) is 5.69 Å². The van der Waals surface area contributed by atoms with E-state index in [2.05, 4.69) is 29.0 Å². The zero-order valence-electron chi connectivity index (χ0n) is 18.2. The minimum Gasteiger partial charge on any atom is -0.372 e. The Balaban J connectivity index is 1.56. The van der Waals surface area contributed by atoms with Crippen molar-refractivity contribution in [2.75, 3.05) is 24.5 Å². The number of rotatable bonds is 9. The quantitative estimate of drug-likeness (QED) is 0.594. The highest BCUT2D eigenvalue weighted by atomic mass is 16.2. The van der Waals surface area contributed by atoms with Gasteiger partial charge in [0.2, 0.25) is 5.91 Å². The van der Waals surface area contributed by atoms with Gasteiger partial charge in [-0.15, -0.1) is 0 Å². The lowest BCUT2D eigenvalue weighted by Gasteiger charge is -2.21. The van der Waals surface area contributed by atoms with Gasteiger partial charge in [-0.1, -0.05) is 0 Å². The van der Waals surface area contributed by atoms with Gasteiger partial charge < -0.3 is 10.2 Å². The lowest BCUT2D eigenvalue weighted by Crippen LogP contribution is -2.38. The van der Waals surface area contributed by atoms with E-state index in [1.54, 1.807) is 12.1 Å². The van der Waals surface area contributed by atoms with Gasteiger partial charge in [0.05, 0.1) is 6.54 Å². The van der Waals surface area contributed by atoms with E-state index in [0.717, 1.165) is 37.3 Å². The summed E-state index contributed by atoms with van der Waals surface area (Å²) in [5.41, 5.74) is 2.18. The molecule has 0 fully saturated rings. The van der Waals surface area contributed by atoms with Gasteiger partial charge >= 0.3 is 5.69 Å². The van der Waals surface area contributed by atoms with Crippen LogP contribution in [0.25, 0.3) is 0 Å². The number of nitrogens with zero attached hydrogens (tertiary/aromatic N) is 2. The zero-order valence-corrected chi connectivity index (χ0v) is 18.2. The van der Waals surface area contributed by atoms with Crippen molar-refractivity contribution >= 4 is 17.4 Å². The number of H-pyrrole nitrogens is 1. The summed E-state index contributed by atoms with van der Waals surface area (Å²) in [7, 11) is 0. The highest BCUT2D eigenvalue weighted by molar-refractivity contribution is 5.99. The van der Waals surface area contributed by atoms with Crippen LogP contribution < -0.4 is 21.5 Å². The van der Waals surface area contributed by atoms with E-state index < -0.39 is 5.69 Å². The Morgan fingerprint density at radius 1 is 1.06 bits per heavy atom. The molecule has 8 heteroatoms. The van der Waals surface area contributed by atoms with Crippen molar-refractivity contribution in [2.45, 2.75) is 52.5 Å². The number of hydrogen-bond donors (Lipinski definition) is 2. The number of nitrogens with one attached hydrogen (secondary N) is 2. The summed E-state index contributed by atoms with van der Waals surface area (Å²) in [6, 6.07) is 7.37. The standard InChI is InChI=1S/C23H30N4O4/c1-3-26(4-2)17-11-9-16(10-12-17)20(28)15-24-21(29)13-14-27-19-8-6-5-7-18(19)22(30)25-23(27)31/h9-12H,3-8,13-15H2,1-2H3,(H,24,29)(H,25,30,31). The van der Waals surface area contributed by atoms with Gasteiger partial charge in [-0.25, -0.2) is 4.79 Å². The fourth-order valence-electron chi connectivity index (χ4n) is 4.06. The molecule has 3 rings (SSSR count). The number of benzene rings is 1. The molecule has 8 nitrogen and oxygen atoms in total. The normalized spacial score (nSPS) is 12.8. The van der Waals surface area contributed by atoms with E-state index in [0.29, 0.717) is 24.0 Å². The molecule has 0 bridgehead atoms. The van der Waals surface area contributed by atoms with Crippen molar-refractivity contribution in [3.05, 3.63) is 61.9 Å². The Morgan fingerprint density at radius 3 is 2.42 bits per heavy atom. The molecule has 1 amide bonds. The Bertz CT molecular complexity index is 1050. The molecule has 1 aromatic carbocycles. The van der Waals surface area contributed by atoms with E-state index >= 15 is 0 Å². The fraction of sp³-hybridized carbons (Fsp3) is 0.478. The molecule has 0 atom stereocenters. The second-order valence-electron chi connectivity index (χ2n) is 7.71. The van der Waals surface area contributed by atoms with Crippen LogP contribution in [-0.4, -0.2) is 40.9 Å². The van der Waals surface area contributed by atoms with Crippen molar-refractivity contribution in [1.82, 2.24) is 14.9 Å². The monoisotopic (exact) mass is 426 g/mol. The number of aromatic nitrogens is 2. The molecule has 1 aliphatic rings. The van der Waals surface area contributed by atoms with Gasteiger partial charge in [-0.05, 0) is 63.8 Å². The van der Waals surface area contributed by atoms with Crippen molar-refractivity contribution in [1.29, 1.82) is 0 Å². The van der Waals surface area contributed by atoms with Crippen LogP contribution in [0.1, 0.15) is 54.7 Å². The minimum atomic E-state index is -0.484. The molecule has 0 unspecified atom stereocenters. The van der Waals surface area contributed by atoms with E-state index in [1.807, 2.05) is 12.1 Å². The molecule has 1 aromatic heterocycles. The first-order chi connectivity index (χ1) is 14.9. The highest BCUT2D eigenvalue weighted by Gasteiger charge is 2.19. The van der Waals surface area contributed by atoms with E-state index in [-0.39, 0.29) is 36.8 Å². The maximum Gasteiger partial charge on any atom is 0.328 e. The summed E-state index contributed by atoms with van der Waals surface area (Å²) in [5.74, 6) is -0.478. The SMILES string of the molecule is CCN(CC)c1ccc(C(=O)CNC(=O)CCn2c3c(c(=O)[nH]c2=O)CCCC3)cc1. The molecule has 1 aliphatic carbocycles. The summed E-state index contributed by atoms with van der Waals surface area (Å²) < 4.78 is 1.49. The Hall–Kier alpha value is -3.16. The number of aromatic amines is 1. The van der Waals surface area contributed by atoms with Crippen LogP contribution in [0.5, 0.6) is 0 Å². The molecule has 2 aromatic rings. The summed E-state index contributed by atoms with van der Waals surface area (Å²) in [6.45, 7) is 6.02. The van der Waals surface area contributed by atoms with Crippen LogP contribution in [0.2, 0.25) is 0 Å². The van der Waals surface area contributed by atoms with Crippen molar-refractivity contribution in [2.24, 2.45) is 0 Å². The second kappa shape index (κ2) is 10.2. The summed E-state index contributed by atoms with van der Waals surface area (Å²) in [4.78, 5) is 53.4. The summed E-state index contributed by atoms with van der Waals surface area (Å²) in [6.07, 6.45) is 3.22. The number of anilines is 1. The number of amides is 1. The van der Waals surface area contributed by atoms with Crippen molar-refractivity contribution in [3.8, 4) is 0 Å². The average molecular weight is 427 g/mol. The first kappa shape index (κ1) is 22.5. The smallest absolute Gasteiger partial charge is 0.328 e. The van der Waals surface area contributed by atoms with Crippen LogP contribution >= 0.6 is 0 Å². The fourth-order valence-corrected chi connectivity index (χ4v) is 4.06. The first-order valence-corrected chi connectivity index (χ1v) is 10.9. The third kappa shape index (κ3) is 5.31. The Morgan fingerprint density at radius 2 is 1.74 bits per heavy atom. The molecule has 0 saturated carbocycles. The third-order valence-corrected chi connectivity index (χ3v) is 5.83. The third-order valence-electron chi connectivity index (χ3n) is 5.83. The van der Waals surface area contributed by atoms with E-state index in [9.17, 15) is 19.2 Å². The number of carbonyl (C=O) groups is 2. The van der Waals surface area contributed by atoms with Gasteiger partial charge in [0.15, 0.2) is 5.78 Å². The second-order valence-corrected chi connectivity index (χ2v) is 7.71. The predicted molar refractivity (Wildman–Crippen MR) is 120 cm³/mol. The van der Waals surface area contributed by atoms with Crippen LogP contribution in [0.15, 0.2) is 33.9 Å². The Kier molecular flexibility index (Phi) is 7.44. The molecule has 1 heterocycles.